The summed E-state index contributed by atoms with van der Waals surface area (Å²) in [6, 6.07) is 22.4. The lowest BCUT2D eigenvalue weighted by Gasteiger charge is -2.18. The van der Waals surface area contributed by atoms with Crippen molar-refractivity contribution in [3.63, 3.8) is 0 Å². The SMILES string of the molecule is CCN(CC)S(=O)(=O)c1ccc(NC(=S)NC(=O)c2ccccc2OCCOc2ccccc2)cc1. The van der Waals surface area contributed by atoms with E-state index in [1.54, 1.807) is 50.2 Å². The summed E-state index contributed by atoms with van der Waals surface area (Å²) in [7, 11) is -3.55. The normalized spacial score (nSPS) is 11.1. The number of ether oxygens (including phenoxy) is 2. The molecule has 0 radical (unpaired) electrons. The Morgan fingerprint density at radius 2 is 1.47 bits per heavy atom. The predicted octanol–water partition coefficient (Wildman–Crippen LogP) is 4.30. The quantitative estimate of drug-likeness (QED) is 0.283. The van der Waals surface area contributed by atoms with Crippen LogP contribution >= 0.6 is 12.2 Å². The lowest BCUT2D eigenvalue weighted by Crippen LogP contribution is -2.34. The van der Waals surface area contributed by atoms with E-state index in [-0.39, 0.29) is 16.6 Å². The average molecular weight is 528 g/mol. The Balaban J connectivity index is 1.56. The zero-order valence-electron chi connectivity index (χ0n) is 20.1. The van der Waals surface area contributed by atoms with Crippen molar-refractivity contribution in [2.24, 2.45) is 0 Å². The second-order valence-electron chi connectivity index (χ2n) is 7.53. The van der Waals surface area contributed by atoms with E-state index in [0.29, 0.717) is 36.7 Å². The van der Waals surface area contributed by atoms with Crippen molar-refractivity contribution in [2.45, 2.75) is 18.7 Å². The zero-order chi connectivity index (χ0) is 26.0. The molecule has 0 aliphatic rings. The molecule has 2 N–H and O–H groups in total. The minimum atomic E-state index is -3.55. The molecule has 0 bridgehead atoms. The predicted molar refractivity (Wildman–Crippen MR) is 144 cm³/mol. The van der Waals surface area contributed by atoms with Crippen LogP contribution in [0, 0.1) is 0 Å². The molecule has 3 rings (SSSR count). The van der Waals surface area contributed by atoms with Crippen LogP contribution in [0.5, 0.6) is 11.5 Å². The number of nitrogens with zero attached hydrogens (tertiary/aromatic N) is 1. The number of nitrogens with one attached hydrogen (secondary N) is 2. The first kappa shape index (κ1) is 27.1. The van der Waals surface area contributed by atoms with Gasteiger partial charge in [-0.15, -0.1) is 0 Å². The first-order valence-electron chi connectivity index (χ1n) is 11.5. The van der Waals surface area contributed by atoms with Gasteiger partial charge in [0.2, 0.25) is 10.0 Å². The minimum absolute atomic E-state index is 0.0709. The van der Waals surface area contributed by atoms with Gasteiger partial charge in [0.15, 0.2) is 5.11 Å². The Kier molecular flexibility index (Phi) is 9.80. The van der Waals surface area contributed by atoms with Gasteiger partial charge >= 0.3 is 0 Å². The van der Waals surface area contributed by atoms with Crippen LogP contribution in [0.1, 0.15) is 24.2 Å². The van der Waals surface area contributed by atoms with Gasteiger partial charge in [0.25, 0.3) is 5.91 Å². The molecular weight excluding hydrogens is 498 g/mol. The third kappa shape index (κ3) is 7.27. The Hall–Kier alpha value is -3.47. The number of hydrogen-bond acceptors (Lipinski definition) is 6. The van der Waals surface area contributed by atoms with Crippen LogP contribution in [0.3, 0.4) is 0 Å². The van der Waals surface area contributed by atoms with Gasteiger partial charge in [0.05, 0.1) is 10.5 Å². The summed E-state index contributed by atoms with van der Waals surface area (Å²) < 4.78 is 38.0. The number of sulfonamides is 1. The molecule has 0 atom stereocenters. The highest BCUT2D eigenvalue weighted by molar-refractivity contribution is 7.89. The number of anilines is 1. The average Bonchev–Trinajstić information content (AvgIpc) is 2.88. The molecule has 0 spiro atoms. The Morgan fingerprint density at radius 3 is 2.14 bits per heavy atom. The Labute approximate surface area is 217 Å². The number of amides is 1. The molecule has 0 unspecified atom stereocenters. The largest absolute Gasteiger partial charge is 0.490 e. The van der Waals surface area contributed by atoms with Crippen LogP contribution in [-0.4, -0.2) is 50.0 Å². The van der Waals surface area contributed by atoms with Gasteiger partial charge in [-0.2, -0.15) is 4.31 Å². The molecule has 0 aliphatic carbocycles. The maximum Gasteiger partial charge on any atom is 0.261 e. The van der Waals surface area contributed by atoms with Crippen molar-refractivity contribution in [1.82, 2.24) is 9.62 Å². The molecule has 0 aromatic heterocycles. The van der Waals surface area contributed by atoms with Crippen LogP contribution < -0.4 is 20.1 Å². The molecule has 0 saturated heterocycles. The van der Waals surface area contributed by atoms with Gasteiger partial charge in [-0.25, -0.2) is 8.42 Å². The van der Waals surface area contributed by atoms with Gasteiger partial charge < -0.3 is 14.8 Å². The summed E-state index contributed by atoms with van der Waals surface area (Å²) in [5.41, 5.74) is 0.864. The van der Waals surface area contributed by atoms with Crippen LogP contribution in [0.15, 0.2) is 83.8 Å². The first-order chi connectivity index (χ1) is 17.3. The highest BCUT2D eigenvalue weighted by Gasteiger charge is 2.21. The molecule has 190 valence electrons. The monoisotopic (exact) mass is 527 g/mol. The summed E-state index contributed by atoms with van der Waals surface area (Å²) >= 11 is 5.27. The fraction of sp³-hybridized carbons (Fsp3) is 0.231. The standard InChI is InChI=1S/C26H29N3O5S2/c1-3-29(4-2)36(31,32)22-16-14-20(15-17-22)27-26(35)28-25(30)23-12-8-9-13-24(23)34-19-18-33-21-10-6-5-7-11-21/h5-17H,3-4,18-19H2,1-2H3,(H2,27,28,30,35). The number of carbonyl (C=O) groups is 1. The molecule has 3 aromatic carbocycles. The van der Waals surface area contributed by atoms with Gasteiger partial charge in [0.1, 0.15) is 24.7 Å². The van der Waals surface area contributed by atoms with Gasteiger partial charge in [-0.05, 0) is 60.7 Å². The third-order valence-electron chi connectivity index (χ3n) is 5.17. The molecule has 0 fully saturated rings. The third-order valence-corrected chi connectivity index (χ3v) is 7.44. The Morgan fingerprint density at radius 1 is 0.861 bits per heavy atom. The second kappa shape index (κ2) is 13.0. The van der Waals surface area contributed by atoms with Crippen molar-refractivity contribution < 1.29 is 22.7 Å². The summed E-state index contributed by atoms with van der Waals surface area (Å²) in [5.74, 6) is 0.704. The van der Waals surface area contributed by atoms with E-state index in [1.807, 2.05) is 30.3 Å². The fourth-order valence-electron chi connectivity index (χ4n) is 3.36. The maximum atomic E-state index is 12.8. The first-order valence-corrected chi connectivity index (χ1v) is 13.3. The van der Waals surface area contributed by atoms with Crippen molar-refractivity contribution >= 4 is 38.9 Å². The van der Waals surface area contributed by atoms with Crippen LogP contribution in [0.2, 0.25) is 0 Å². The maximum absolute atomic E-state index is 12.8. The molecule has 3 aromatic rings. The lowest BCUT2D eigenvalue weighted by molar-refractivity contribution is 0.0972. The van der Waals surface area contributed by atoms with Crippen LogP contribution in [0.25, 0.3) is 0 Å². The van der Waals surface area contributed by atoms with E-state index in [2.05, 4.69) is 10.6 Å². The van der Waals surface area contributed by atoms with Gasteiger partial charge in [0, 0.05) is 18.8 Å². The number of hydrogen-bond donors (Lipinski definition) is 2. The lowest BCUT2D eigenvalue weighted by atomic mass is 10.2. The number of carbonyl (C=O) groups excluding carboxylic acids is 1. The molecule has 0 aliphatic heterocycles. The number of para-hydroxylation sites is 2. The molecule has 10 heteroatoms. The van der Waals surface area contributed by atoms with E-state index in [9.17, 15) is 13.2 Å². The fourth-order valence-corrected chi connectivity index (χ4v) is 5.03. The Bertz CT molecular complexity index is 1260. The summed E-state index contributed by atoms with van der Waals surface area (Å²) in [5, 5.41) is 5.60. The smallest absolute Gasteiger partial charge is 0.261 e. The van der Waals surface area contributed by atoms with Crippen molar-refractivity contribution in [3.8, 4) is 11.5 Å². The summed E-state index contributed by atoms with van der Waals surface area (Å²) in [6.07, 6.45) is 0. The number of benzene rings is 3. The van der Waals surface area contributed by atoms with Crippen molar-refractivity contribution in [1.29, 1.82) is 0 Å². The van der Waals surface area contributed by atoms with E-state index >= 15 is 0 Å². The number of thiocarbonyl (C=S) groups is 1. The summed E-state index contributed by atoms with van der Waals surface area (Å²) in [4.78, 5) is 13.0. The minimum Gasteiger partial charge on any atom is -0.490 e. The van der Waals surface area contributed by atoms with E-state index in [4.69, 9.17) is 21.7 Å². The molecule has 8 nitrogen and oxygen atoms in total. The zero-order valence-corrected chi connectivity index (χ0v) is 21.8. The highest BCUT2D eigenvalue weighted by atomic mass is 32.2. The molecule has 1 amide bonds. The molecule has 0 heterocycles. The second-order valence-corrected chi connectivity index (χ2v) is 9.87. The number of rotatable bonds is 11. The van der Waals surface area contributed by atoms with Gasteiger partial charge in [-0.3, -0.25) is 10.1 Å². The van der Waals surface area contributed by atoms with Crippen LogP contribution in [-0.2, 0) is 10.0 Å². The topological polar surface area (TPSA) is 97.0 Å². The van der Waals surface area contributed by atoms with Crippen LogP contribution in [0.4, 0.5) is 5.69 Å². The van der Waals surface area contributed by atoms with E-state index in [1.165, 1.54) is 16.4 Å². The van der Waals surface area contributed by atoms with Gasteiger partial charge in [-0.1, -0.05) is 44.2 Å². The molecule has 36 heavy (non-hydrogen) atoms. The summed E-state index contributed by atoms with van der Waals surface area (Å²) in [6.45, 7) is 4.94. The van der Waals surface area contributed by atoms with E-state index < -0.39 is 15.9 Å². The highest BCUT2D eigenvalue weighted by Crippen LogP contribution is 2.20. The molecular formula is C26H29N3O5S2. The van der Waals surface area contributed by atoms with E-state index in [0.717, 1.165) is 5.75 Å². The molecule has 0 saturated carbocycles. The van der Waals surface area contributed by atoms with Crippen molar-refractivity contribution in [3.05, 3.63) is 84.4 Å². The van der Waals surface area contributed by atoms with Crippen molar-refractivity contribution in [2.75, 3.05) is 31.6 Å².